The standard InChI is InChI=1S/C27H29.C13H8F2.C5H5.2ClH.Zr/c1-16-7-9-26(3,4)24-12-18-11-19-13-25-21(17(2)8-10-27(25,5)6)15-23(19)22(18)14-20(16)24;14-12-5-1-3-10(8-12)7-11-4-2-6-13(15)9-11;1-2-4-5-3-1;;;/h7-8,11-15H,9-10H2,1-6H3;1-6,8-9H;1-3H,4H2;2*1H;/q-1;;-1;;;+2/p-2. The molecule has 0 saturated heterocycles. The molecule has 0 bridgehead atoms. The van der Waals surface area contributed by atoms with Crippen molar-refractivity contribution in [3.8, 4) is 0 Å². The van der Waals surface area contributed by atoms with E-state index < -0.39 is 0 Å². The van der Waals surface area contributed by atoms with Crippen LogP contribution in [0.25, 0.3) is 32.7 Å². The molecule has 3 aliphatic rings. The Hall–Kier alpha value is -3.10. The average molecular weight is 783 g/mol. The minimum Gasteiger partial charge on any atom is -1.00 e. The van der Waals surface area contributed by atoms with Crippen LogP contribution in [0.5, 0.6) is 0 Å². The summed E-state index contributed by atoms with van der Waals surface area (Å²) in [6, 6.07) is 25.0. The zero-order valence-corrected chi connectivity index (χ0v) is 33.5. The van der Waals surface area contributed by atoms with Gasteiger partial charge in [0.2, 0.25) is 0 Å². The molecule has 0 fully saturated rings. The van der Waals surface area contributed by atoms with Gasteiger partial charge >= 0.3 is 108 Å². The number of allylic oxidation sites excluding steroid dienone is 8. The van der Waals surface area contributed by atoms with Crippen LogP contribution < -0.4 is 24.8 Å². The van der Waals surface area contributed by atoms with Crippen LogP contribution in [0.2, 0.25) is 0 Å². The predicted molar refractivity (Wildman–Crippen MR) is 197 cm³/mol. The molecule has 8 rings (SSSR count). The molecule has 50 heavy (non-hydrogen) atoms. The minimum atomic E-state index is -0.270. The molecule has 0 spiro atoms. The van der Waals surface area contributed by atoms with E-state index in [-0.39, 0.29) is 47.3 Å². The molecule has 5 aromatic carbocycles. The molecule has 0 saturated carbocycles. The fourth-order valence-corrected chi connectivity index (χ4v) is 7.69. The largest absolute Gasteiger partial charge is 1.00 e. The van der Waals surface area contributed by atoms with E-state index in [1.807, 2.05) is 24.3 Å². The quantitative estimate of drug-likeness (QED) is 0.185. The average Bonchev–Trinajstić information content (AvgIpc) is 3.76. The Kier molecular flexibility index (Phi) is 12.8. The zero-order valence-electron chi connectivity index (χ0n) is 29.5. The summed E-state index contributed by atoms with van der Waals surface area (Å²) in [5, 5.41) is 5.61. The Labute approximate surface area is 323 Å². The second-order valence-corrected chi connectivity index (χ2v) is 15.7. The zero-order chi connectivity index (χ0) is 34.2. The summed E-state index contributed by atoms with van der Waals surface area (Å²) >= 11 is 1.13. The molecule has 3 aliphatic carbocycles. The van der Waals surface area contributed by atoms with Crippen molar-refractivity contribution in [2.45, 2.75) is 71.6 Å². The van der Waals surface area contributed by atoms with E-state index in [1.54, 1.807) is 12.1 Å². The van der Waals surface area contributed by atoms with Crippen molar-refractivity contribution in [3.05, 3.63) is 160 Å². The molecule has 5 heteroatoms. The molecule has 0 aliphatic heterocycles. The molecular weight excluding hydrogens is 741 g/mol. The summed E-state index contributed by atoms with van der Waals surface area (Å²) in [6.07, 6.45) is 17.1. The van der Waals surface area contributed by atoms with Crippen LogP contribution in [0.15, 0.2) is 109 Å². The van der Waals surface area contributed by atoms with Gasteiger partial charge in [0.05, 0.1) is 0 Å². The smallest absolute Gasteiger partial charge is 0.109 e. The second kappa shape index (κ2) is 16.1. The first-order valence-corrected chi connectivity index (χ1v) is 18.0. The van der Waals surface area contributed by atoms with Crippen LogP contribution >= 0.6 is 0 Å². The van der Waals surface area contributed by atoms with Gasteiger partial charge in [-0.15, -0.1) is 46.2 Å². The second-order valence-electron chi connectivity index (χ2n) is 14.5. The molecular formula is C45H42Cl2F2Zr-2. The van der Waals surface area contributed by atoms with Crippen molar-refractivity contribution >= 4 is 35.9 Å². The third-order valence-corrected chi connectivity index (χ3v) is 11.4. The van der Waals surface area contributed by atoms with Gasteiger partial charge < -0.3 is 24.8 Å². The van der Waals surface area contributed by atoms with E-state index in [1.165, 1.54) is 79.2 Å². The number of rotatable bonds is 2. The van der Waals surface area contributed by atoms with Gasteiger partial charge in [-0.2, -0.15) is 6.08 Å². The molecule has 0 atom stereocenters. The third-order valence-electron chi connectivity index (χ3n) is 9.94. The summed E-state index contributed by atoms with van der Waals surface area (Å²) in [5.74, 6) is -0.539. The van der Waals surface area contributed by atoms with Crippen LogP contribution in [0.4, 0.5) is 8.78 Å². The summed E-state index contributed by atoms with van der Waals surface area (Å²) < 4.78 is 27.0. The van der Waals surface area contributed by atoms with Gasteiger partial charge in [-0.1, -0.05) is 63.1 Å². The Balaban J connectivity index is 0.000000208. The number of hydrogen-bond acceptors (Lipinski definition) is 0. The van der Waals surface area contributed by atoms with Crippen molar-refractivity contribution in [2.75, 3.05) is 0 Å². The molecule has 0 heterocycles. The topological polar surface area (TPSA) is 0 Å². The predicted octanol–water partition coefficient (Wildman–Crippen LogP) is 6.28. The fraction of sp³-hybridized carbons (Fsp3) is 0.244. The molecule has 0 unspecified atom stereocenters. The van der Waals surface area contributed by atoms with Crippen LogP contribution in [-0.4, -0.2) is 3.21 Å². The van der Waals surface area contributed by atoms with Crippen molar-refractivity contribution in [1.29, 1.82) is 0 Å². The maximum Gasteiger partial charge on any atom is -0.109 e. The van der Waals surface area contributed by atoms with E-state index in [9.17, 15) is 8.78 Å². The fourth-order valence-electron chi connectivity index (χ4n) is 6.93. The van der Waals surface area contributed by atoms with Crippen LogP contribution in [0, 0.1) is 17.7 Å². The number of hydrogen-bond donors (Lipinski definition) is 0. The SMILES string of the molecule is CC1=CCC(C)(C)c2cc3[cH-]c4cc5c(cc4c3cc21)C(C)=CCC5(C)C.Fc1cccc([C](=[Zr+2])c2cccc(F)c2)c1.[C-]1=CC=CC1.[Cl-].[Cl-]. The number of fused-ring (bicyclic) bond motifs is 5. The maximum atomic E-state index is 13.0. The van der Waals surface area contributed by atoms with Gasteiger partial charge in [0.1, 0.15) is 0 Å². The Morgan fingerprint density at radius 2 is 1.16 bits per heavy atom. The van der Waals surface area contributed by atoms with Gasteiger partial charge in [-0.3, -0.25) is 6.08 Å². The van der Waals surface area contributed by atoms with Crippen LogP contribution in [0.1, 0.15) is 94.2 Å². The first-order valence-electron chi connectivity index (χ1n) is 16.7. The van der Waals surface area contributed by atoms with E-state index >= 15 is 0 Å². The Bertz CT molecular complexity index is 2020. The normalized spacial score (nSPS) is 16.0. The first-order chi connectivity index (χ1) is 22.8. The molecule has 0 aromatic heterocycles. The van der Waals surface area contributed by atoms with Gasteiger partial charge in [-0.05, 0) is 59.8 Å². The molecule has 0 radical (unpaired) electrons. The van der Waals surface area contributed by atoms with Crippen molar-refractivity contribution in [3.63, 3.8) is 0 Å². The van der Waals surface area contributed by atoms with Crippen LogP contribution in [0.3, 0.4) is 0 Å². The summed E-state index contributed by atoms with van der Waals surface area (Å²) in [6.45, 7) is 14.0. The van der Waals surface area contributed by atoms with Crippen molar-refractivity contribution in [1.82, 2.24) is 0 Å². The third kappa shape index (κ3) is 8.33. The Morgan fingerprint density at radius 3 is 1.52 bits per heavy atom. The van der Waals surface area contributed by atoms with Gasteiger partial charge in [-0.25, -0.2) is 12.2 Å². The van der Waals surface area contributed by atoms with E-state index in [0.29, 0.717) is 0 Å². The van der Waals surface area contributed by atoms with Gasteiger partial charge in [0, 0.05) is 0 Å². The Morgan fingerprint density at radius 1 is 0.700 bits per heavy atom. The molecule has 0 nitrogen and oxygen atoms in total. The first kappa shape index (κ1) is 39.7. The van der Waals surface area contributed by atoms with Gasteiger partial charge in [0.25, 0.3) is 0 Å². The molecule has 0 N–H and O–H groups in total. The number of benzene rings is 4. The van der Waals surface area contributed by atoms with Gasteiger partial charge in [0.15, 0.2) is 0 Å². The van der Waals surface area contributed by atoms with E-state index in [4.69, 9.17) is 0 Å². The summed E-state index contributed by atoms with van der Waals surface area (Å²) in [7, 11) is 0. The molecule has 5 aromatic rings. The minimum absolute atomic E-state index is 0. The molecule has 0 amide bonds. The summed E-state index contributed by atoms with van der Waals surface area (Å²) in [5.41, 5.74) is 10.8. The van der Waals surface area contributed by atoms with E-state index in [2.05, 4.69) is 96.2 Å². The molecule has 256 valence electrons. The monoisotopic (exact) mass is 780 g/mol. The number of halogens is 4. The van der Waals surface area contributed by atoms with Crippen molar-refractivity contribution < 1.29 is 57.8 Å². The summed E-state index contributed by atoms with van der Waals surface area (Å²) in [4.78, 5) is 0. The maximum absolute atomic E-state index is 13.0. The van der Waals surface area contributed by atoms with Crippen LogP contribution in [-0.2, 0) is 35.1 Å². The van der Waals surface area contributed by atoms with E-state index in [0.717, 1.165) is 57.8 Å². The van der Waals surface area contributed by atoms with Crippen molar-refractivity contribution in [2.24, 2.45) is 0 Å².